The van der Waals surface area contributed by atoms with Gasteiger partial charge in [0.15, 0.2) is 0 Å². The Hall–Kier alpha value is -1.84. The summed E-state index contributed by atoms with van der Waals surface area (Å²) in [6.07, 6.45) is 0.387. The molecule has 4 heteroatoms. The minimum atomic E-state index is -0.0833. The fourth-order valence-corrected chi connectivity index (χ4v) is 3.43. The number of benzene rings is 2. The van der Waals surface area contributed by atoms with Crippen LogP contribution in [0.5, 0.6) is 0 Å². The summed E-state index contributed by atoms with van der Waals surface area (Å²) >= 11 is 5.98. The number of ether oxygens (including phenoxy) is 1. The van der Waals surface area contributed by atoms with Gasteiger partial charge in [-0.2, -0.15) is 0 Å². The van der Waals surface area contributed by atoms with E-state index >= 15 is 0 Å². The van der Waals surface area contributed by atoms with Crippen LogP contribution in [0.4, 0.5) is 0 Å². The second-order valence-corrected chi connectivity index (χ2v) is 6.57. The second-order valence-electron chi connectivity index (χ2n) is 6.14. The van der Waals surface area contributed by atoms with Crippen molar-refractivity contribution in [2.24, 2.45) is 0 Å². The number of methoxy groups -OCH3 is 1. The number of halogens is 1. The molecule has 0 N–H and O–H groups in total. The lowest BCUT2D eigenvalue weighted by atomic mass is 9.74. The monoisotopic (exact) mass is 329 g/mol. The Kier molecular flexibility index (Phi) is 4.69. The third-order valence-electron chi connectivity index (χ3n) is 4.39. The van der Waals surface area contributed by atoms with Gasteiger partial charge in [-0.05, 0) is 23.3 Å². The number of carbonyl (C=O) groups excluding carboxylic acids is 1. The van der Waals surface area contributed by atoms with Gasteiger partial charge in [0, 0.05) is 25.2 Å². The zero-order valence-electron chi connectivity index (χ0n) is 13.2. The van der Waals surface area contributed by atoms with Crippen molar-refractivity contribution in [2.45, 2.75) is 11.8 Å². The van der Waals surface area contributed by atoms with Crippen molar-refractivity contribution >= 4 is 17.5 Å². The summed E-state index contributed by atoms with van der Waals surface area (Å²) in [5.41, 5.74) is 2.10. The average Bonchev–Trinajstić information content (AvgIpc) is 2.51. The lowest BCUT2D eigenvalue weighted by Crippen LogP contribution is -2.63. The summed E-state index contributed by atoms with van der Waals surface area (Å²) in [5, 5.41) is 0.664. The van der Waals surface area contributed by atoms with E-state index in [1.165, 1.54) is 5.56 Å². The van der Waals surface area contributed by atoms with Crippen LogP contribution in [-0.4, -0.2) is 37.6 Å². The van der Waals surface area contributed by atoms with Gasteiger partial charge in [-0.15, -0.1) is 0 Å². The Bertz CT molecular complexity index is 681. The molecule has 0 saturated carbocycles. The SMILES string of the molecule is COCC1(c2ccccc2)CN(C(=O)Cc2cccc(Cl)c2)C1. The molecule has 1 aliphatic rings. The first kappa shape index (κ1) is 16.0. The summed E-state index contributed by atoms with van der Waals surface area (Å²) in [4.78, 5) is 14.4. The summed E-state index contributed by atoms with van der Waals surface area (Å²) in [5.74, 6) is 0.134. The quantitative estimate of drug-likeness (QED) is 0.842. The molecule has 0 radical (unpaired) electrons. The van der Waals surface area contributed by atoms with Crippen LogP contribution in [0.25, 0.3) is 0 Å². The van der Waals surface area contributed by atoms with Gasteiger partial charge in [0.2, 0.25) is 5.91 Å². The number of hydrogen-bond acceptors (Lipinski definition) is 2. The highest BCUT2D eigenvalue weighted by Crippen LogP contribution is 2.35. The largest absolute Gasteiger partial charge is 0.384 e. The molecule has 1 saturated heterocycles. The van der Waals surface area contributed by atoms with E-state index in [9.17, 15) is 4.79 Å². The van der Waals surface area contributed by atoms with E-state index in [1.54, 1.807) is 7.11 Å². The molecule has 0 unspecified atom stereocenters. The minimum absolute atomic E-state index is 0.0833. The maximum absolute atomic E-state index is 12.5. The molecule has 2 aromatic rings. The van der Waals surface area contributed by atoms with E-state index in [2.05, 4.69) is 12.1 Å². The van der Waals surface area contributed by atoms with Gasteiger partial charge >= 0.3 is 0 Å². The molecule has 3 rings (SSSR count). The molecule has 0 aliphatic carbocycles. The van der Waals surface area contributed by atoms with Crippen LogP contribution in [0.15, 0.2) is 54.6 Å². The summed E-state index contributed by atoms with van der Waals surface area (Å²) in [7, 11) is 1.71. The van der Waals surface area contributed by atoms with Crippen molar-refractivity contribution in [2.75, 3.05) is 26.8 Å². The Balaban J connectivity index is 1.67. The standard InChI is InChI=1S/C19H20ClNO2/c1-23-14-19(16-7-3-2-4-8-16)12-21(13-19)18(22)11-15-6-5-9-17(20)10-15/h2-10H,11-14H2,1H3. The zero-order chi connectivity index (χ0) is 16.3. The molecule has 0 spiro atoms. The van der Waals surface area contributed by atoms with Gasteiger partial charge in [-0.3, -0.25) is 4.79 Å². The number of amides is 1. The predicted octanol–water partition coefficient (Wildman–Crippen LogP) is 3.31. The predicted molar refractivity (Wildman–Crippen MR) is 91.7 cm³/mol. The molecule has 1 heterocycles. The first-order valence-electron chi connectivity index (χ1n) is 7.70. The molecule has 2 aromatic carbocycles. The van der Waals surface area contributed by atoms with E-state index in [-0.39, 0.29) is 11.3 Å². The molecule has 23 heavy (non-hydrogen) atoms. The number of rotatable bonds is 5. The van der Waals surface area contributed by atoms with Crippen LogP contribution < -0.4 is 0 Å². The Labute approximate surface area is 141 Å². The maximum Gasteiger partial charge on any atom is 0.227 e. The molecule has 120 valence electrons. The van der Waals surface area contributed by atoms with E-state index in [0.717, 1.165) is 5.56 Å². The second kappa shape index (κ2) is 6.73. The van der Waals surface area contributed by atoms with Crippen LogP contribution in [0.3, 0.4) is 0 Å². The molecule has 1 amide bonds. The van der Waals surface area contributed by atoms with Gasteiger partial charge in [0.25, 0.3) is 0 Å². The minimum Gasteiger partial charge on any atom is -0.384 e. The third-order valence-corrected chi connectivity index (χ3v) is 4.63. The van der Waals surface area contributed by atoms with Crippen molar-refractivity contribution in [1.29, 1.82) is 0 Å². The Morgan fingerprint density at radius 3 is 2.57 bits per heavy atom. The van der Waals surface area contributed by atoms with Crippen LogP contribution in [0, 0.1) is 0 Å². The maximum atomic E-state index is 12.5. The van der Waals surface area contributed by atoms with Crippen LogP contribution in [0.2, 0.25) is 5.02 Å². The number of nitrogens with zero attached hydrogens (tertiary/aromatic N) is 1. The molecule has 0 atom stereocenters. The topological polar surface area (TPSA) is 29.5 Å². The molecule has 1 aliphatic heterocycles. The average molecular weight is 330 g/mol. The van der Waals surface area contributed by atoms with E-state index < -0.39 is 0 Å². The highest BCUT2D eigenvalue weighted by Gasteiger charge is 2.46. The smallest absolute Gasteiger partial charge is 0.227 e. The zero-order valence-corrected chi connectivity index (χ0v) is 13.9. The number of likely N-dealkylation sites (tertiary alicyclic amines) is 1. The number of hydrogen-bond donors (Lipinski definition) is 0. The summed E-state index contributed by atoms with van der Waals surface area (Å²) < 4.78 is 5.41. The lowest BCUT2D eigenvalue weighted by molar-refractivity contribution is -0.140. The van der Waals surface area contributed by atoms with Gasteiger partial charge in [-0.1, -0.05) is 54.1 Å². The van der Waals surface area contributed by atoms with Gasteiger partial charge in [0.05, 0.1) is 18.4 Å². The lowest BCUT2D eigenvalue weighted by Gasteiger charge is -2.50. The summed E-state index contributed by atoms with van der Waals surface area (Å²) in [6, 6.07) is 17.8. The van der Waals surface area contributed by atoms with Crippen LogP contribution >= 0.6 is 11.6 Å². The Morgan fingerprint density at radius 2 is 1.91 bits per heavy atom. The van der Waals surface area contributed by atoms with Crippen LogP contribution in [0.1, 0.15) is 11.1 Å². The summed E-state index contributed by atoms with van der Waals surface area (Å²) in [6.45, 7) is 2.02. The van der Waals surface area contributed by atoms with Crippen molar-refractivity contribution in [3.8, 4) is 0 Å². The molecule has 3 nitrogen and oxygen atoms in total. The first-order valence-corrected chi connectivity index (χ1v) is 8.07. The fraction of sp³-hybridized carbons (Fsp3) is 0.316. The molecule has 1 fully saturated rings. The van der Waals surface area contributed by atoms with E-state index in [1.807, 2.05) is 47.4 Å². The molecule has 0 aromatic heterocycles. The molecular weight excluding hydrogens is 310 g/mol. The molecule has 0 bridgehead atoms. The molecular formula is C19H20ClNO2. The van der Waals surface area contributed by atoms with Gasteiger partial charge < -0.3 is 9.64 Å². The third kappa shape index (κ3) is 3.41. The van der Waals surface area contributed by atoms with Crippen molar-refractivity contribution in [3.63, 3.8) is 0 Å². The van der Waals surface area contributed by atoms with E-state index in [4.69, 9.17) is 16.3 Å². The van der Waals surface area contributed by atoms with Crippen molar-refractivity contribution in [3.05, 3.63) is 70.7 Å². The van der Waals surface area contributed by atoms with Gasteiger partial charge in [0.1, 0.15) is 0 Å². The highest BCUT2D eigenvalue weighted by atomic mass is 35.5. The first-order chi connectivity index (χ1) is 11.1. The van der Waals surface area contributed by atoms with Crippen molar-refractivity contribution < 1.29 is 9.53 Å². The number of carbonyl (C=O) groups is 1. The Morgan fingerprint density at radius 1 is 1.17 bits per heavy atom. The highest BCUT2D eigenvalue weighted by molar-refractivity contribution is 6.30. The van der Waals surface area contributed by atoms with Crippen LogP contribution in [-0.2, 0) is 21.4 Å². The fourth-order valence-electron chi connectivity index (χ4n) is 3.22. The van der Waals surface area contributed by atoms with Crippen molar-refractivity contribution in [1.82, 2.24) is 4.90 Å². The normalized spacial score (nSPS) is 16.0. The van der Waals surface area contributed by atoms with E-state index in [0.29, 0.717) is 31.1 Å². The van der Waals surface area contributed by atoms with Gasteiger partial charge in [-0.25, -0.2) is 0 Å².